The van der Waals surface area contributed by atoms with Gasteiger partial charge in [-0.1, -0.05) is 12.1 Å². The largest absolute Gasteiger partial charge is 0.218 e. The number of nitriles is 2. The van der Waals surface area contributed by atoms with Crippen LogP contribution in [0.25, 0.3) is 43.1 Å². The summed E-state index contributed by atoms with van der Waals surface area (Å²) in [6.07, 6.45) is 2.98. The summed E-state index contributed by atoms with van der Waals surface area (Å²) in [4.78, 5) is 1.21. The first-order chi connectivity index (χ1) is 25.4. The topological polar surface area (TPSA) is 141 Å². The van der Waals surface area contributed by atoms with E-state index < -0.39 is 97.4 Å². The van der Waals surface area contributed by atoms with Crippen LogP contribution in [0.3, 0.4) is 0 Å². The van der Waals surface area contributed by atoms with E-state index in [0.717, 1.165) is 36.4 Å². The molecule has 0 N–H and O–H groups in total. The van der Waals surface area contributed by atoms with Crippen LogP contribution < -0.4 is 10.7 Å². The van der Waals surface area contributed by atoms with Crippen molar-refractivity contribution in [3.05, 3.63) is 117 Å². The molecule has 7 aromatic carbocycles. The third-order valence-electron chi connectivity index (χ3n) is 8.56. The fourth-order valence-corrected chi connectivity index (χ4v) is 9.00. The first kappa shape index (κ1) is 36.0. The molecule has 0 bridgehead atoms. The molecule has 0 spiro atoms. The van der Waals surface area contributed by atoms with E-state index in [0.29, 0.717) is 0 Å². The maximum Gasteiger partial charge on any atom is 0.212 e. The third kappa shape index (κ3) is 4.80. The lowest BCUT2D eigenvalue weighted by atomic mass is 10.1. The third-order valence-corrected chi connectivity index (χ3v) is 12.1. The molecule has 0 heterocycles. The highest BCUT2D eigenvalue weighted by Crippen LogP contribution is 2.38. The Morgan fingerprint density at radius 2 is 0.667 bits per heavy atom. The Bertz CT molecular complexity index is 3070. The van der Waals surface area contributed by atoms with Crippen LogP contribution in [0, 0.1) is 81.1 Å². The second-order valence-electron chi connectivity index (χ2n) is 11.3. The summed E-state index contributed by atoms with van der Waals surface area (Å²) in [5.41, 5.74) is 0. The Morgan fingerprint density at radius 3 is 0.981 bits per heavy atom. The van der Waals surface area contributed by atoms with Crippen LogP contribution in [-0.2, 0) is 19.7 Å². The molecule has 0 radical (unpaired) electrons. The molecule has 0 unspecified atom stereocenters. The van der Waals surface area contributed by atoms with Crippen molar-refractivity contribution in [1.82, 2.24) is 0 Å². The Balaban J connectivity index is 1.51. The number of hydrogen-bond acceptors (Lipinski definition) is 8. The van der Waals surface area contributed by atoms with Crippen LogP contribution in [0.1, 0.15) is 0 Å². The Hall–Kier alpha value is -6.38. The molecule has 0 aliphatic carbocycles. The molecule has 0 fully saturated rings. The Labute approximate surface area is 292 Å². The van der Waals surface area contributed by atoms with Gasteiger partial charge in [-0.2, -0.15) is 20.5 Å². The number of rotatable bonds is 4. The molecule has 0 aromatic heterocycles. The van der Waals surface area contributed by atoms with Crippen molar-refractivity contribution in [3.8, 4) is 12.4 Å². The van der Waals surface area contributed by atoms with Gasteiger partial charge in [0.25, 0.3) is 0 Å². The second-order valence-corrected chi connectivity index (χ2v) is 15.1. The quantitative estimate of drug-likeness (QED) is 0.0619. The van der Waals surface area contributed by atoms with E-state index in [-0.39, 0.29) is 53.8 Å². The number of benzene rings is 5. The van der Waals surface area contributed by atoms with Crippen molar-refractivity contribution in [2.24, 2.45) is 9.98 Å². The minimum absolute atomic E-state index is 0.0452. The molecule has 7 aromatic rings. The van der Waals surface area contributed by atoms with E-state index >= 15 is 0 Å². The summed E-state index contributed by atoms with van der Waals surface area (Å²) in [5, 5.41) is 18.8. The summed E-state index contributed by atoms with van der Waals surface area (Å²) in [5.74, 6) is -25.7. The minimum Gasteiger partial charge on any atom is -0.218 e. The zero-order valence-corrected chi connectivity index (χ0v) is 27.3. The number of halogens is 10. The zero-order valence-electron chi connectivity index (χ0n) is 25.6. The van der Waals surface area contributed by atoms with Gasteiger partial charge in [-0.05, 0) is 57.9 Å². The summed E-state index contributed by atoms with van der Waals surface area (Å²) < 4.78 is 195. The summed E-state index contributed by atoms with van der Waals surface area (Å²) in [6, 6.07) is 7.97. The average molecular weight is 791 g/mol. The molecule has 0 aliphatic rings. The van der Waals surface area contributed by atoms with Crippen LogP contribution in [0.2, 0.25) is 0 Å². The van der Waals surface area contributed by atoms with E-state index in [2.05, 4.69) is 9.98 Å². The fraction of sp³-hybridized carbons (Fsp3) is 0. The molecule has 0 saturated heterocycles. The second kappa shape index (κ2) is 12.1. The maximum atomic E-state index is 14.6. The molecular formula is C34H8F10N4O4S2. The van der Waals surface area contributed by atoms with Crippen molar-refractivity contribution < 1.29 is 60.7 Å². The molecule has 270 valence electrons. The van der Waals surface area contributed by atoms with Gasteiger partial charge in [0.2, 0.25) is 43.7 Å². The highest BCUT2D eigenvalue weighted by molar-refractivity contribution is 7.91. The van der Waals surface area contributed by atoms with Gasteiger partial charge in [0.15, 0.2) is 46.5 Å². The highest BCUT2D eigenvalue weighted by Gasteiger charge is 2.36. The standard InChI is InChI=1S/C34H8F10N4O4S2/c35-21-23(37)27(41)33(28(42)24(21)38)53(49,50)11-1-3-13-15-7-16-14-4-2-12(54(51,52)34-29(43)25(39)22(36)26(40)30(34)44)6-18(14)32(48-10-46)20(16)8-19(15)31(47-9-45)17(13)5-11/h1-8H/b47-31-,48-32+. The maximum absolute atomic E-state index is 14.6. The molecule has 8 nitrogen and oxygen atoms in total. The lowest BCUT2D eigenvalue weighted by molar-refractivity contribution is 0.357. The fourth-order valence-electron chi connectivity index (χ4n) is 6.19. The van der Waals surface area contributed by atoms with Crippen molar-refractivity contribution in [3.63, 3.8) is 0 Å². The van der Waals surface area contributed by atoms with Gasteiger partial charge in [0.05, 0.1) is 20.5 Å². The van der Waals surface area contributed by atoms with Crippen molar-refractivity contribution >= 4 is 62.8 Å². The lowest BCUT2D eigenvalue weighted by Crippen LogP contribution is -2.13. The smallest absolute Gasteiger partial charge is 0.212 e. The van der Waals surface area contributed by atoms with E-state index in [9.17, 15) is 71.3 Å². The van der Waals surface area contributed by atoms with Crippen molar-refractivity contribution in [2.75, 3.05) is 0 Å². The first-order valence-corrected chi connectivity index (χ1v) is 17.3. The predicted octanol–water partition coefficient (Wildman–Crippen LogP) is 7.00. The summed E-state index contributed by atoms with van der Waals surface area (Å²) in [7, 11) is -10.9. The molecule has 0 saturated carbocycles. The summed E-state index contributed by atoms with van der Waals surface area (Å²) in [6.45, 7) is 0. The molecule has 0 amide bonds. The molecule has 0 atom stereocenters. The molecular weight excluding hydrogens is 783 g/mol. The van der Waals surface area contributed by atoms with Gasteiger partial charge in [0, 0.05) is 21.5 Å². The minimum atomic E-state index is -5.47. The predicted molar refractivity (Wildman–Crippen MR) is 165 cm³/mol. The van der Waals surface area contributed by atoms with Crippen LogP contribution in [0.4, 0.5) is 43.9 Å². The number of nitrogens with zero attached hydrogens (tertiary/aromatic N) is 4. The van der Waals surface area contributed by atoms with Gasteiger partial charge in [-0.3, -0.25) is 0 Å². The molecule has 7 rings (SSSR count). The van der Waals surface area contributed by atoms with Gasteiger partial charge >= 0.3 is 0 Å². The number of sulfone groups is 2. The zero-order chi connectivity index (χ0) is 39.3. The van der Waals surface area contributed by atoms with Gasteiger partial charge in [0.1, 0.15) is 9.79 Å². The monoisotopic (exact) mass is 790 g/mol. The number of fused-ring (bicyclic) bond motifs is 6. The summed E-state index contributed by atoms with van der Waals surface area (Å²) >= 11 is 0. The van der Waals surface area contributed by atoms with Gasteiger partial charge in [-0.15, -0.1) is 0 Å². The van der Waals surface area contributed by atoms with Crippen molar-refractivity contribution in [2.45, 2.75) is 19.6 Å². The van der Waals surface area contributed by atoms with E-state index in [1.54, 1.807) is 0 Å². The normalized spacial score (nSPS) is 13.1. The van der Waals surface area contributed by atoms with Gasteiger partial charge in [-0.25, -0.2) is 60.7 Å². The molecule has 54 heavy (non-hydrogen) atoms. The average Bonchev–Trinajstić information content (AvgIpc) is 3.61. The lowest BCUT2D eigenvalue weighted by Gasteiger charge is -2.10. The van der Waals surface area contributed by atoms with Crippen LogP contribution in [0.15, 0.2) is 78.1 Å². The van der Waals surface area contributed by atoms with E-state index in [4.69, 9.17) is 0 Å². The van der Waals surface area contributed by atoms with Crippen LogP contribution >= 0.6 is 0 Å². The SMILES string of the molecule is N#C/N=c1\c2cc(S(=O)(=O)c3c(F)c(F)c(F)c(F)c3F)ccc2c2cc3c(cc12)/c(=N\C#N)c1cc(S(=O)(=O)c2c(F)c(F)c(F)c(F)c2F)ccc13. The molecule has 0 aliphatic heterocycles. The number of hydrogen-bond donors (Lipinski definition) is 0. The van der Waals surface area contributed by atoms with Crippen LogP contribution in [-0.4, -0.2) is 16.8 Å². The Kier molecular flexibility index (Phi) is 8.05. The van der Waals surface area contributed by atoms with Crippen molar-refractivity contribution in [1.29, 1.82) is 10.5 Å². The van der Waals surface area contributed by atoms with Crippen LogP contribution in [0.5, 0.6) is 0 Å². The highest BCUT2D eigenvalue weighted by atomic mass is 32.2. The van der Waals surface area contributed by atoms with E-state index in [1.165, 1.54) is 24.5 Å². The first-order valence-electron chi connectivity index (χ1n) is 14.3. The van der Waals surface area contributed by atoms with E-state index in [1.807, 2.05) is 0 Å². The Morgan fingerprint density at radius 1 is 0.389 bits per heavy atom. The molecule has 20 heteroatoms. The van der Waals surface area contributed by atoms with Gasteiger partial charge < -0.3 is 0 Å².